The lowest BCUT2D eigenvalue weighted by Crippen LogP contribution is -2.35. The van der Waals surface area contributed by atoms with Crippen LogP contribution in [0.2, 0.25) is 0 Å². The molecule has 1 heterocycles. The molecule has 1 amide bonds. The van der Waals surface area contributed by atoms with Crippen LogP contribution in [0.5, 0.6) is 0 Å². The molecule has 0 spiro atoms. The summed E-state index contributed by atoms with van der Waals surface area (Å²) in [6.07, 6.45) is 2.43. The van der Waals surface area contributed by atoms with E-state index in [1.807, 2.05) is 0 Å². The van der Waals surface area contributed by atoms with Crippen molar-refractivity contribution in [3.8, 4) is 0 Å². The number of rotatable bonds is 3. The first-order valence-electron chi connectivity index (χ1n) is 3.54. The predicted octanol–water partition coefficient (Wildman–Crippen LogP) is -0.215. The second-order valence-corrected chi connectivity index (χ2v) is 2.43. The highest BCUT2D eigenvalue weighted by Gasteiger charge is 2.10. The Morgan fingerprint density at radius 2 is 2.67 bits per heavy atom. The summed E-state index contributed by atoms with van der Waals surface area (Å²) >= 11 is 0. The second-order valence-electron chi connectivity index (χ2n) is 2.43. The average molecular weight is 170 g/mol. The standard InChI is InChI=1S/C7H10N2O3/c1-5(2-10)9-7(11)6-3-12-4-8-6/h3-5,10H,2H2,1H3,(H,9,11)/t5-/m0/s1. The van der Waals surface area contributed by atoms with Crippen LogP contribution < -0.4 is 5.32 Å². The van der Waals surface area contributed by atoms with E-state index in [-0.39, 0.29) is 24.2 Å². The van der Waals surface area contributed by atoms with Crippen molar-refractivity contribution in [3.63, 3.8) is 0 Å². The zero-order chi connectivity index (χ0) is 8.97. The first-order valence-corrected chi connectivity index (χ1v) is 3.54. The Kier molecular flexibility index (Phi) is 2.82. The molecule has 0 bridgehead atoms. The van der Waals surface area contributed by atoms with Gasteiger partial charge in [-0.3, -0.25) is 4.79 Å². The number of oxazole rings is 1. The van der Waals surface area contributed by atoms with E-state index in [4.69, 9.17) is 5.11 Å². The van der Waals surface area contributed by atoms with Gasteiger partial charge in [0, 0.05) is 6.04 Å². The van der Waals surface area contributed by atoms with E-state index in [1.54, 1.807) is 6.92 Å². The minimum atomic E-state index is -0.342. The van der Waals surface area contributed by atoms with Crippen molar-refractivity contribution in [2.75, 3.05) is 6.61 Å². The number of nitrogens with one attached hydrogen (secondary N) is 1. The van der Waals surface area contributed by atoms with Crippen molar-refractivity contribution in [1.29, 1.82) is 0 Å². The molecule has 5 nitrogen and oxygen atoms in total. The molecule has 0 aliphatic heterocycles. The largest absolute Gasteiger partial charge is 0.451 e. The molecule has 0 saturated heterocycles. The molecular formula is C7H10N2O3. The van der Waals surface area contributed by atoms with Crippen LogP contribution in [-0.2, 0) is 0 Å². The number of hydrogen-bond acceptors (Lipinski definition) is 4. The van der Waals surface area contributed by atoms with Crippen LogP contribution in [0.3, 0.4) is 0 Å². The highest BCUT2D eigenvalue weighted by atomic mass is 16.3. The molecule has 66 valence electrons. The number of carbonyl (C=O) groups excluding carboxylic acids is 1. The van der Waals surface area contributed by atoms with Crippen molar-refractivity contribution in [2.24, 2.45) is 0 Å². The maximum Gasteiger partial charge on any atom is 0.273 e. The third kappa shape index (κ3) is 2.06. The summed E-state index contributed by atoms with van der Waals surface area (Å²) in [6, 6.07) is -0.269. The number of carbonyl (C=O) groups is 1. The maximum absolute atomic E-state index is 11.1. The molecule has 1 atom stereocenters. The third-order valence-electron chi connectivity index (χ3n) is 1.32. The minimum Gasteiger partial charge on any atom is -0.451 e. The van der Waals surface area contributed by atoms with Gasteiger partial charge in [0.2, 0.25) is 0 Å². The highest BCUT2D eigenvalue weighted by molar-refractivity contribution is 5.91. The van der Waals surface area contributed by atoms with Crippen LogP contribution in [0, 0.1) is 0 Å². The van der Waals surface area contributed by atoms with E-state index < -0.39 is 0 Å². The first kappa shape index (κ1) is 8.73. The molecule has 0 unspecified atom stereocenters. The molecule has 12 heavy (non-hydrogen) atoms. The van der Waals surface area contributed by atoms with Gasteiger partial charge in [-0.2, -0.15) is 0 Å². The smallest absolute Gasteiger partial charge is 0.273 e. The van der Waals surface area contributed by atoms with E-state index in [0.717, 1.165) is 0 Å². The lowest BCUT2D eigenvalue weighted by molar-refractivity contribution is 0.0917. The maximum atomic E-state index is 11.1. The molecule has 0 saturated carbocycles. The predicted molar refractivity (Wildman–Crippen MR) is 40.5 cm³/mol. The van der Waals surface area contributed by atoms with Crippen LogP contribution >= 0.6 is 0 Å². The molecule has 0 aliphatic carbocycles. The Morgan fingerprint density at radius 3 is 3.17 bits per heavy atom. The van der Waals surface area contributed by atoms with Gasteiger partial charge in [0.1, 0.15) is 6.26 Å². The van der Waals surface area contributed by atoms with Crippen molar-refractivity contribution in [3.05, 3.63) is 18.4 Å². The molecule has 1 aromatic rings. The summed E-state index contributed by atoms with van der Waals surface area (Å²) in [5.41, 5.74) is 0.218. The van der Waals surface area contributed by atoms with Gasteiger partial charge in [-0.25, -0.2) is 4.98 Å². The quantitative estimate of drug-likeness (QED) is 0.657. The molecule has 5 heteroatoms. The monoisotopic (exact) mass is 170 g/mol. The molecule has 0 radical (unpaired) electrons. The Balaban J connectivity index is 2.50. The summed E-state index contributed by atoms with van der Waals surface area (Å²) in [6.45, 7) is 1.60. The fourth-order valence-electron chi connectivity index (χ4n) is 0.668. The average Bonchev–Trinajstić information content (AvgIpc) is 2.56. The van der Waals surface area contributed by atoms with Gasteiger partial charge in [0.05, 0.1) is 6.61 Å². The van der Waals surface area contributed by atoms with E-state index in [1.165, 1.54) is 12.7 Å². The zero-order valence-corrected chi connectivity index (χ0v) is 6.65. The SMILES string of the molecule is C[C@@H](CO)NC(=O)c1cocn1. The van der Waals surface area contributed by atoms with Gasteiger partial charge < -0.3 is 14.8 Å². The number of hydrogen-bond donors (Lipinski definition) is 2. The van der Waals surface area contributed by atoms with Crippen molar-refractivity contribution in [2.45, 2.75) is 13.0 Å². The van der Waals surface area contributed by atoms with E-state index in [2.05, 4.69) is 14.7 Å². The normalized spacial score (nSPS) is 12.5. The van der Waals surface area contributed by atoms with Gasteiger partial charge in [-0.15, -0.1) is 0 Å². The summed E-state index contributed by atoms with van der Waals surface area (Å²) in [7, 11) is 0. The van der Waals surface area contributed by atoms with Crippen molar-refractivity contribution < 1.29 is 14.3 Å². The molecule has 1 aromatic heterocycles. The van der Waals surface area contributed by atoms with Crippen LogP contribution in [0.25, 0.3) is 0 Å². The molecule has 0 aromatic carbocycles. The Morgan fingerprint density at radius 1 is 1.92 bits per heavy atom. The van der Waals surface area contributed by atoms with Crippen LogP contribution in [0.4, 0.5) is 0 Å². The molecule has 1 rings (SSSR count). The summed E-state index contributed by atoms with van der Waals surface area (Å²) < 4.78 is 4.62. The van der Waals surface area contributed by atoms with Gasteiger partial charge in [0.15, 0.2) is 12.1 Å². The van der Waals surface area contributed by atoms with E-state index in [9.17, 15) is 4.79 Å². The molecule has 0 fully saturated rings. The number of amides is 1. The fraction of sp³-hybridized carbons (Fsp3) is 0.429. The Bertz CT molecular complexity index is 245. The van der Waals surface area contributed by atoms with E-state index >= 15 is 0 Å². The number of aromatic nitrogens is 1. The zero-order valence-electron chi connectivity index (χ0n) is 6.65. The highest BCUT2D eigenvalue weighted by Crippen LogP contribution is 1.94. The first-order chi connectivity index (χ1) is 5.74. The molecule has 0 aliphatic rings. The number of aliphatic hydroxyl groups excluding tert-OH is 1. The van der Waals surface area contributed by atoms with Gasteiger partial charge in [-0.1, -0.05) is 0 Å². The van der Waals surface area contributed by atoms with Gasteiger partial charge in [0.25, 0.3) is 5.91 Å². The van der Waals surface area contributed by atoms with Gasteiger partial charge in [-0.05, 0) is 6.92 Å². The third-order valence-corrected chi connectivity index (χ3v) is 1.32. The molecule has 2 N–H and O–H groups in total. The lowest BCUT2D eigenvalue weighted by Gasteiger charge is -2.07. The number of aliphatic hydroxyl groups is 1. The Hall–Kier alpha value is -1.36. The van der Waals surface area contributed by atoms with Crippen molar-refractivity contribution >= 4 is 5.91 Å². The second kappa shape index (κ2) is 3.87. The van der Waals surface area contributed by atoms with Crippen LogP contribution in [0.15, 0.2) is 17.1 Å². The summed E-state index contributed by atoms with van der Waals surface area (Å²) in [5, 5.41) is 11.1. The minimum absolute atomic E-state index is 0.0937. The molecular weight excluding hydrogens is 160 g/mol. The van der Waals surface area contributed by atoms with Crippen LogP contribution in [-0.4, -0.2) is 28.6 Å². The van der Waals surface area contributed by atoms with Crippen LogP contribution in [0.1, 0.15) is 17.4 Å². The van der Waals surface area contributed by atoms with Gasteiger partial charge >= 0.3 is 0 Å². The van der Waals surface area contributed by atoms with E-state index in [0.29, 0.717) is 0 Å². The topological polar surface area (TPSA) is 75.4 Å². The number of nitrogens with zero attached hydrogens (tertiary/aromatic N) is 1. The fourth-order valence-corrected chi connectivity index (χ4v) is 0.668. The van der Waals surface area contributed by atoms with Crippen molar-refractivity contribution in [1.82, 2.24) is 10.3 Å². The summed E-state index contributed by atoms with van der Waals surface area (Å²) in [5.74, 6) is -0.342. The Labute approximate surface area is 69.4 Å². The lowest BCUT2D eigenvalue weighted by atomic mass is 10.3. The summed E-state index contributed by atoms with van der Waals surface area (Å²) in [4.78, 5) is 14.8.